The summed E-state index contributed by atoms with van der Waals surface area (Å²) in [4.78, 5) is 10.1. The van der Waals surface area contributed by atoms with Crippen LogP contribution in [0.15, 0.2) is 9.52 Å². The van der Waals surface area contributed by atoms with Gasteiger partial charge >= 0.3 is 6.03 Å². The maximum absolute atomic E-state index is 10.1. The molecule has 2 amide bonds. The van der Waals surface area contributed by atoms with Gasteiger partial charge in [0.1, 0.15) is 4.49 Å². The lowest BCUT2D eigenvalue weighted by atomic mass is 10.6. The van der Waals surface area contributed by atoms with Gasteiger partial charge in [0.2, 0.25) is 0 Å². The number of nitrogens with one attached hydrogen (secondary N) is 1. The largest absolute Gasteiger partial charge is 0.352 e. The highest BCUT2D eigenvalue weighted by atomic mass is 35.5. The first-order valence-electron chi connectivity index (χ1n) is 2.27. The van der Waals surface area contributed by atoms with E-state index in [-0.39, 0.29) is 16.1 Å². The first kappa shape index (κ1) is 9.88. The summed E-state index contributed by atoms with van der Waals surface area (Å²) >= 11 is 15.9. The third-order valence-corrected chi connectivity index (χ3v) is 1.60. The van der Waals surface area contributed by atoms with Gasteiger partial charge in [-0.15, -0.1) is 0 Å². The Bertz CT molecular complexity index is 164. The molecule has 0 aliphatic heterocycles. The van der Waals surface area contributed by atoms with Crippen LogP contribution < -0.4 is 11.1 Å². The number of hydrogen-bond donors (Lipinski definition) is 2. The number of carbonyl (C=O) groups excluding carboxylic acids is 1. The van der Waals surface area contributed by atoms with Gasteiger partial charge < -0.3 is 11.1 Å². The molecule has 0 radical (unpaired) electrons. The zero-order valence-electron chi connectivity index (χ0n) is 4.83. The third-order valence-electron chi connectivity index (χ3n) is 0.623. The Morgan fingerprint density at radius 2 is 1.90 bits per heavy atom. The molecule has 0 spiro atoms. The van der Waals surface area contributed by atoms with E-state index in [1.807, 2.05) is 0 Å². The Morgan fingerprint density at radius 3 is 2.20 bits per heavy atom. The SMILES string of the molecule is NC(=O)NCC(Cl)=C(Cl)Cl. The van der Waals surface area contributed by atoms with Crippen molar-refractivity contribution in [2.24, 2.45) is 5.73 Å². The molecule has 0 saturated carbocycles. The Labute approximate surface area is 73.1 Å². The van der Waals surface area contributed by atoms with Gasteiger partial charge in [-0.25, -0.2) is 4.79 Å². The lowest BCUT2D eigenvalue weighted by molar-refractivity contribution is 0.250. The van der Waals surface area contributed by atoms with Crippen LogP contribution in [0.4, 0.5) is 4.79 Å². The standard InChI is InChI=1S/C4H5Cl3N2O/c5-2(3(6)7)1-9-4(8)10/h1H2,(H3,8,9,10). The molecule has 0 aromatic heterocycles. The molecule has 0 fully saturated rings. The molecule has 3 nitrogen and oxygen atoms in total. The molecule has 0 bridgehead atoms. The minimum Gasteiger partial charge on any atom is -0.352 e. The van der Waals surface area contributed by atoms with Crippen LogP contribution in [0.1, 0.15) is 0 Å². The van der Waals surface area contributed by atoms with E-state index >= 15 is 0 Å². The molecular weight excluding hydrogens is 198 g/mol. The van der Waals surface area contributed by atoms with Crippen LogP contribution >= 0.6 is 34.8 Å². The average Bonchev–Trinajstić information content (AvgIpc) is 1.82. The van der Waals surface area contributed by atoms with Crippen molar-refractivity contribution in [2.45, 2.75) is 0 Å². The van der Waals surface area contributed by atoms with Crippen LogP contribution in [0.2, 0.25) is 0 Å². The molecule has 0 aliphatic carbocycles. The van der Waals surface area contributed by atoms with Crippen molar-refractivity contribution in [1.82, 2.24) is 5.32 Å². The van der Waals surface area contributed by atoms with Crippen LogP contribution in [0, 0.1) is 0 Å². The maximum Gasteiger partial charge on any atom is 0.312 e. The molecule has 0 aromatic rings. The van der Waals surface area contributed by atoms with Crippen molar-refractivity contribution in [3.8, 4) is 0 Å². The highest BCUT2D eigenvalue weighted by Gasteiger charge is 1.98. The lowest BCUT2D eigenvalue weighted by Gasteiger charge is -1.98. The van der Waals surface area contributed by atoms with Crippen LogP contribution in [0.25, 0.3) is 0 Å². The number of nitrogens with two attached hydrogens (primary N) is 1. The maximum atomic E-state index is 10.1. The van der Waals surface area contributed by atoms with E-state index in [4.69, 9.17) is 40.5 Å². The fourth-order valence-corrected chi connectivity index (χ4v) is 0.432. The molecule has 0 unspecified atom stereocenters. The molecule has 0 heterocycles. The summed E-state index contributed by atoms with van der Waals surface area (Å²) in [6.45, 7) is 0.0548. The van der Waals surface area contributed by atoms with Gasteiger partial charge in [-0.3, -0.25) is 0 Å². The van der Waals surface area contributed by atoms with E-state index in [9.17, 15) is 4.79 Å². The van der Waals surface area contributed by atoms with Gasteiger partial charge in [0.25, 0.3) is 0 Å². The van der Waals surface area contributed by atoms with Crippen molar-refractivity contribution in [3.63, 3.8) is 0 Å². The highest BCUT2D eigenvalue weighted by molar-refractivity contribution is 6.59. The van der Waals surface area contributed by atoms with E-state index in [1.54, 1.807) is 0 Å². The number of amides is 2. The number of urea groups is 1. The van der Waals surface area contributed by atoms with Crippen LogP contribution in [-0.2, 0) is 0 Å². The van der Waals surface area contributed by atoms with Crippen molar-refractivity contribution in [3.05, 3.63) is 9.52 Å². The molecule has 0 saturated heterocycles. The molecule has 10 heavy (non-hydrogen) atoms. The number of rotatable bonds is 2. The second-order valence-electron chi connectivity index (χ2n) is 1.38. The summed E-state index contributed by atoms with van der Waals surface area (Å²) in [5, 5.41) is 2.36. The summed E-state index contributed by atoms with van der Waals surface area (Å²) in [7, 11) is 0. The molecule has 58 valence electrons. The van der Waals surface area contributed by atoms with E-state index < -0.39 is 6.03 Å². The van der Waals surface area contributed by atoms with Crippen molar-refractivity contribution in [1.29, 1.82) is 0 Å². The summed E-state index contributed by atoms with van der Waals surface area (Å²) in [5.41, 5.74) is 4.72. The molecule has 0 aromatic carbocycles. The molecule has 0 aliphatic rings. The lowest BCUT2D eigenvalue weighted by Crippen LogP contribution is -2.30. The number of carbonyl (C=O) groups is 1. The van der Waals surface area contributed by atoms with Gasteiger partial charge in [0, 0.05) is 0 Å². The normalized spacial score (nSPS) is 8.70. The Morgan fingerprint density at radius 1 is 1.40 bits per heavy atom. The van der Waals surface area contributed by atoms with Gasteiger partial charge in [-0.05, 0) is 0 Å². The zero-order valence-corrected chi connectivity index (χ0v) is 7.09. The molecule has 6 heteroatoms. The fraction of sp³-hybridized carbons (Fsp3) is 0.250. The number of primary amides is 1. The Balaban J connectivity index is 3.71. The first-order valence-corrected chi connectivity index (χ1v) is 3.40. The van der Waals surface area contributed by atoms with Gasteiger partial charge in [-0.2, -0.15) is 0 Å². The molecular formula is C4H5Cl3N2O. The quantitative estimate of drug-likeness (QED) is 0.703. The Hall–Kier alpha value is -0.120. The predicted molar refractivity (Wildman–Crippen MR) is 42.2 cm³/mol. The number of halogens is 3. The summed E-state index contributed by atoms with van der Waals surface area (Å²) in [6.07, 6.45) is 0. The third kappa shape index (κ3) is 4.73. The first-order chi connectivity index (χ1) is 4.54. The second kappa shape index (κ2) is 4.66. The summed E-state index contributed by atoms with van der Waals surface area (Å²) < 4.78 is -0.0737. The van der Waals surface area contributed by atoms with Gasteiger partial charge in [0.15, 0.2) is 0 Å². The van der Waals surface area contributed by atoms with Crippen LogP contribution in [0.5, 0.6) is 0 Å². The highest BCUT2D eigenvalue weighted by Crippen LogP contribution is 2.16. The smallest absolute Gasteiger partial charge is 0.312 e. The van der Waals surface area contributed by atoms with Gasteiger partial charge in [0.05, 0.1) is 11.6 Å². The van der Waals surface area contributed by atoms with Gasteiger partial charge in [-0.1, -0.05) is 34.8 Å². The zero-order chi connectivity index (χ0) is 8.15. The van der Waals surface area contributed by atoms with Crippen molar-refractivity contribution in [2.75, 3.05) is 6.54 Å². The van der Waals surface area contributed by atoms with E-state index in [0.29, 0.717) is 0 Å². The second-order valence-corrected chi connectivity index (χ2v) is 2.79. The average molecular weight is 203 g/mol. The Kier molecular flexibility index (Phi) is 4.60. The van der Waals surface area contributed by atoms with Crippen molar-refractivity contribution >= 4 is 40.8 Å². The minimum absolute atomic E-state index is 0.0548. The molecule has 0 rings (SSSR count). The summed E-state index contributed by atoms with van der Waals surface area (Å²) in [5.74, 6) is 0. The number of hydrogen-bond acceptors (Lipinski definition) is 1. The monoisotopic (exact) mass is 202 g/mol. The van der Waals surface area contributed by atoms with E-state index in [2.05, 4.69) is 5.32 Å². The fourth-order valence-electron chi connectivity index (χ4n) is 0.232. The van der Waals surface area contributed by atoms with Crippen LogP contribution in [-0.4, -0.2) is 12.6 Å². The minimum atomic E-state index is -0.673. The van der Waals surface area contributed by atoms with E-state index in [0.717, 1.165) is 0 Å². The molecule has 3 N–H and O–H groups in total. The predicted octanol–water partition coefficient (Wildman–Crippen LogP) is 1.54. The van der Waals surface area contributed by atoms with Crippen molar-refractivity contribution < 1.29 is 4.79 Å². The molecule has 0 atom stereocenters. The topological polar surface area (TPSA) is 55.1 Å². The summed E-state index contributed by atoms with van der Waals surface area (Å²) in [6, 6.07) is -0.673. The van der Waals surface area contributed by atoms with Crippen LogP contribution in [0.3, 0.4) is 0 Å². The van der Waals surface area contributed by atoms with E-state index in [1.165, 1.54) is 0 Å².